The van der Waals surface area contributed by atoms with Crippen molar-refractivity contribution in [3.63, 3.8) is 0 Å². The molecule has 0 aromatic heterocycles. The Morgan fingerprint density at radius 2 is 1.96 bits per heavy atom. The van der Waals surface area contributed by atoms with Crippen LogP contribution in [0.5, 0.6) is 5.75 Å². The number of halogens is 1. The molecule has 2 rings (SSSR count). The molecule has 1 saturated heterocycles. The van der Waals surface area contributed by atoms with E-state index in [-0.39, 0.29) is 23.2 Å². The van der Waals surface area contributed by atoms with Crippen molar-refractivity contribution in [2.45, 2.75) is 44.0 Å². The second-order valence-electron chi connectivity index (χ2n) is 5.84. The molecule has 1 aliphatic rings. The molecule has 0 radical (unpaired) electrons. The van der Waals surface area contributed by atoms with Gasteiger partial charge >= 0.3 is 0 Å². The molecule has 1 aliphatic heterocycles. The second kappa shape index (κ2) is 9.38. The highest BCUT2D eigenvalue weighted by molar-refractivity contribution is 7.89. The maximum Gasteiger partial charge on any atom is 0.246 e. The maximum absolute atomic E-state index is 13.0. The number of nitrogens with two attached hydrogens (primary N) is 1. The molecular weight excluding hydrogens is 366 g/mol. The number of sulfonamides is 1. The maximum atomic E-state index is 13.0. The standard InChI is InChI=1S/C16H25N3O4S.ClH/c1-3-23-14-8-7-13(18-16(20)12(2)17)11-15(14)24(21,22)19-9-5-4-6-10-19;/h7-8,11-12H,3-6,9-10,17H2,1-2H3,(H,18,20);1H/t12-;/m1./s1. The van der Waals surface area contributed by atoms with Gasteiger partial charge in [-0.3, -0.25) is 4.79 Å². The minimum atomic E-state index is -3.67. The molecule has 9 heteroatoms. The van der Waals surface area contributed by atoms with E-state index in [4.69, 9.17) is 10.5 Å². The van der Waals surface area contributed by atoms with E-state index in [1.807, 2.05) is 0 Å². The third-order valence-corrected chi connectivity index (χ3v) is 5.78. The summed E-state index contributed by atoms with van der Waals surface area (Å²) in [5, 5.41) is 2.62. The van der Waals surface area contributed by atoms with Gasteiger partial charge in [-0.1, -0.05) is 6.42 Å². The van der Waals surface area contributed by atoms with Crippen molar-refractivity contribution in [2.75, 3.05) is 25.0 Å². The molecule has 0 unspecified atom stereocenters. The smallest absolute Gasteiger partial charge is 0.246 e. The highest BCUT2D eigenvalue weighted by atomic mass is 35.5. The van der Waals surface area contributed by atoms with Crippen molar-refractivity contribution >= 4 is 34.0 Å². The lowest BCUT2D eigenvalue weighted by molar-refractivity contribution is -0.117. The van der Waals surface area contributed by atoms with E-state index in [0.29, 0.717) is 31.1 Å². The molecular formula is C16H26ClN3O4S. The van der Waals surface area contributed by atoms with Crippen LogP contribution in [0.25, 0.3) is 0 Å². The van der Waals surface area contributed by atoms with E-state index in [1.54, 1.807) is 26.0 Å². The number of piperidine rings is 1. The zero-order valence-electron chi connectivity index (χ0n) is 14.5. The minimum absolute atomic E-state index is 0. The Morgan fingerprint density at radius 1 is 1.32 bits per heavy atom. The Bertz CT molecular complexity index is 689. The predicted octanol–water partition coefficient (Wildman–Crippen LogP) is 1.97. The number of carbonyl (C=O) groups excluding carboxylic acids is 1. The average Bonchev–Trinajstić information content (AvgIpc) is 2.57. The third-order valence-electron chi connectivity index (χ3n) is 3.86. The van der Waals surface area contributed by atoms with Crippen LogP contribution in [-0.2, 0) is 14.8 Å². The molecule has 25 heavy (non-hydrogen) atoms. The Balaban J connectivity index is 0.00000312. The van der Waals surface area contributed by atoms with Gasteiger partial charge in [0.05, 0.1) is 12.6 Å². The molecule has 0 spiro atoms. The van der Waals surface area contributed by atoms with Crippen LogP contribution < -0.4 is 15.8 Å². The Morgan fingerprint density at radius 3 is 2.52 bits per heavy atom. The molecule has 1 aromatic rings. The molecule has 1 aromatic carbocycles. The Labute approximate surface area is 155 Å². The van der Waals surface area contributed by atoms with Crippen LogP contribution in [0, 0.1) is 0 Å². The molecule has 0 bridgehead atoms. The van der Waals surface area contributed by atoms with Crippen molar-refractivity contribution in [1.29, 1.82) is 0 Å². The quantitative estimate of drug-likeness (QED) is 0.771. The van der Waals surface area contributed by atoms with E-state index >= 15 is 0 Å². The van der Waals surface area contributed by atoms with Crippen LogP contribution in [0.2, 0.25) is 0 Å². The summed E-state index contributed by atoms with van der Waals surface area (Å²) >= 11 is 0. The van der Waals surface area contributed by atoms with E-state index in [9.17, 15) is 13.2 Å². The third kappa shape index (κ3) is 5.31. The summed E-state index contributed by atoms with van der Waals surface area (Å²) in [6.07, 6.45) is 2.74. The molecule has 1 fully saturated rings. The zero-order chi connectivity index (χ0) is 17.7. The molecule has 1 heterocycles. The van der Waals surface area contributed by atoms with Crippen LogP contribution in [0.15, 0.2) is 23.1 Å². The average molecular weight is 392 g/mol. The monoisotopic (exact) mass is 391 g/mol. The van der Waals surface area contributed by atoms with Gasteiger partial charge in [0.15, 0.2) is 0 Å². The molecule has 1 amide bonds. The largest absolute Gasteiger partial charge is 0.492 e. The van der Waals surface area contributed by atoms with Gasteiger partial charge in [0.2, 0.25) is 15.9 Å². The summed E-state index contributed by atoms with van der Waals surface area (Å²) < 4.78 is 32.9. The van der Waals surface area contributed by atoms with Gasteiger partial charge in [-0.05, 0) is 44.9 Å². The summed E-state index contributed by atoms with van der Waals surface area (Å²) in [4.78, 5) is 11.8. The molecule has 3 N–H and O–H groups in total. The number of hydrogen-bond acceptors (Lipinski definition) is 5. The molecule has 7 nitrogen and oxygen atoms in total. The van der Waals surface area contributed by atoms with Crippen molar-refractivity contribution in [3.05, 3.63) is 18.2 Å². The van der Waals surface area contributed by atoms with Gasteiger partial charge in [-0.25, -0.2) is 8.42 Å². The Kier molecular flexibility index (Phi) is 8.14. The predicted molar refractivity (Wildman–Crippen MR) is 99.7 cm³/mol. The number of carbonyl (C=O) groups is 1. The van der Waals surface area contributed by atoms with E-state index in [0.717, 1.165) is 19.3 Å². The van der Waals surface area contributed by atoms with Crippen LogP contribution in [0.4, 0.5) is 5.69 Å². The first-order chi connectivity index (χ1) is 11.4. The number of rotatable bonds is 6. The summed E-state index contributed by atoms with van der Waals surface area (Å²) in [6.45, 7) is 4.72. The summed E-state index contributed by atoms with van der Waals surface area (Å²) in [5.41, 5.74) is 5.92. The van der Waals surface area contributed by atoms with Gasteiger partial charge < -0.3 is 15.8 Å². The van der Waals surface area contributed by atoms with Crippen LogP contribution in [0.1, 0.15) is 33.1 Å². The lowest BCUT2D eigenvalue weighted by Crippen LogP contribution is -2.36. The molecule has 142 valence electrons. The van der Waals surface area contributed by atoms with Crippen molar-refractivity contribution in [1.82, 2.24) is 4.31 Å². The van der Waals surface area contributed by atoms with Gasteiger partial charge in [0.25, 0.3) is 0 Å². The highest BCUT2D eigenvalue weighted by Gasteiger charge is 2.29. The zero-order valence-corrected chi connectivity index (χ0v) is 16.2. The summed E-state index contributed by atoms with van der Waals surface area (Å²) in [7, 11) is -3.67. The first-order valence-corrected chi connectivity index (χ1v) is 9.63. The first kappa shape index (κ1) is 21.7. The molecule has 1 atom stereocenters. The van der Waals surface area contributed by atoms with Crippen molar-refractivity contribution in [3.8, 4) is 5.75 Å². The molecule has 0 saturated carbocycles. The van der Waals surface area contributed by atoms with E-state index in [1.165, 1.54) is 10.4 Å². The number of benzene rings is 1. The lowest BCUT2D eigenvalue weighted by atomic mass is 10.2. The highest BCUT2D eigenvalue weighted by Crippen LogP contribution is 2.31. The first-order valence-electron chi connectivity index (χ1n) is 8.19. The van der Waals surface area contributed by atoms with Crippen molar-refractivity contribution in [2.24, 2.45) is 5.73 Å². The fourth-order valence-corrected chi connectivity index (χ4v) is 4.24. The Hall–Kier alpha value is -1.35. The fraction of sp³-hybridized carbons (Fsp3) is 0.562. The lowest BCUT2D eigenvalue weighted by Gasteiger charge is -2.27. The van der Waals surface area contributed by atoms with Gasteiger partial charge in [0.1, 0.15) is 10.6 Å². The van der Waals surface area contributed by atoms with E-state index < -0.39 is 16.1 Å². The SMILES string of the molecule is CCOc1ccc(NC(=O)[C@@H](C)N)cc1S(=O)(=O)N1CCCCC1.Cl. The van der Waals surface area contributed by atoms with Gasteiger partial charge in [0, 0.05) is 18.8 Å². The van der Waals surface area contributed by atoms with Crippen LogP contribution in [0.3, 0.4) is 0 Å². The number of hydrogen-bond donors (Lipinski definition) is 2. The van der Waals surface area contributed by atoms with Crippen LogP contribution in [-0.4, -0.2) is 44.4 Å². The number of amides is 1. The van der Waals surface area contributed by atoms with Crippen molar-refractivity contribution < 1.29 is 17.9 Å². The minimum Gasteiger partial charge on any atom is -0.492 e. The summed E-state index contributed by atoms with van der Waals surface area (Å²) in [6, 6.07) is 3.94. The molecule has 0 aliphatic carbocycles. The summed E-state index contributed by atoms with van der Waals surface area (Å²) in [5.74, 6) is -0.0812. The van der Waals surface area contributed by atoms with Gasteiger partial charge in [-0.15, -0.1) is 12.4 Å². The second-order valence-corrected chi connectivity index (χ2v) is 7.74. The number of anilines is 1. The number of nitrogens with zero attached hydrogens (tertiary/aromatic N) is 1. The number of nitrogens with one attached hydrogen (secondary N) is 1. The van der Waals surface area contributed by atoms with Crippen LogP contribution >= 0.6 is 12.4 Å². The van der Waals surface area contributed by atoms with E-state index in [2.05, 4.69) is 5.32 Å². The topological polar surface area (TPSA) is 102 Å². The normalized spacial score (nSPS) is 16.6. The van der Waals surface area contributed by atoms with Gasteiger partial charge in [-0.2, -0.15) is 4.31 Å². The number of ether oxygens (including phenoxy) is 1. The fourth-order valence-electron chi connectivity index (χ4n) is 2.56.